The van der Waals surface area contributed by atoms with E-state index < -0.39 is 11.9 Å². The van der Waals surface area contributed by atoms with E-state index in [0.29, 0.717) is 0 Å². The topological polar surface area (TPSA) is 81.1 Å². The van der Waals surface area contributed by atoms with Crippen LogP contribution in [0.25, 0.3) is 0 Å². The third kappa shape index (κ3) is 6.14. The molecule has 2 heterocycles. The molecule has 2 N–H and O–H groups in total. The second-order valence-electron chi connectivity index (χ2n) is 7.59. The van der Waals surface area contributed by atoms with Crippen molar-refractivity contribution < 1.29 is 19.8 Å². The normalized spacial score (nSPS) is 17.7. The van der Waals surface area contributed by atoms with Gasteiger partial charge in [-0.3, -0.25) is 9.80 Å². The Balaban J connectivity index is 0.000000353. The highest BCUT2D eigenvalue weighted by atomic mass is 16.4. The van der Waals surface area contributed by atoms with Gasteiger partial charge in [0.05, 0.1) is 0 Å². The molecule has 0 saturated carbocycles. The van der Waals surface area contributed by atoms with Crippen molar-refractivity contribution >= 4 is 11.9 Å². The zero-order chi connectivity index (χ0) is 20.6. The number of hydrogen-bond donors (Lipinski definition) is 2. The zero-order valence-electron chi connectivity index (χ0n) is 16.5. The monoisotopic (exact) mass is 396 g/mol. The number of hydrogen-bond acceptors (Lipinski definition) is 4. The summed E-state index contributed by atoms with van der Waals surface area (Å²) in [4.78, 5) is 23.5. The van der Waals surface area contributed by atoms with Gasteiger partial charge in [0.2, 0.25) is 0 Å². The molecule has 0 atom stereocenters. The molecule has 29 heavy (non-hydrogen) atoms. The van der Waals surface area contributed by atoms with Gasteiger partial charge in [0.15, 0.2) is 0 Å². The molecule has 0 amide bonds. The lowest BCUT2D eigenvalue weighted by Gasteiger charge is -2.40. The highest BCUT2D eigenvalue weighted by molar-refractivity contribution is 6.27. The van der Waals surface area contributed by atoms with Crippen LogP contribution in [0.2, 0.25) is 0 Å². The molecule has 0 radical (unpaired) electrons. The van der Waals surface area contributed by atoms with Crippen molar-refractivity contribution in [2.45, 2.75) is 38.4 Å². The van der Waals surface area contributed by atoms with E-state index in [1.807, 2.05) is 0 Å². The van der Waals surface area contributed by atoms with Crippen LogP contribution in [0.1, 0.15) is 29.5 Å². The Labute approximate surface area is 171 Å². The predicted octanol–water partition coefficient (Wildman–Crippen LogP) is 2.86. The van der Waals surface area contributed by atoms with Crippen LogP contribution in [0.4, 0.5) is 0 Å². The van der Waals surface area contributed by atoms with E-state index in [-0.39, 0.29) is 0 Å². The van der Waals surface area contributed by atoms with Crippen LogP contribution in [0.15, 0.2) is 54.6 Å². The maximum Gasteiger partial charge on any atom is 0.414 e. The average molecular weight is 396 g/mol. The minimum Gasteiger partial charge on any atom is -0.473 e. The van der Waals surface area contributed by atoms with Crippen LogP contribution < -0.4 is 0 Å². The summed E-state index contributed by atoms with van der Waals surface area (Å²) >= 11 is 0. The van der Waals surface area contributed by atoms with E-state index in [0.717, 1.165) is 19.1 Å². The van der Waals surface area contributed by atoms with Crippen LogP contribution in [0.5, 0.6) is 0 Å². The van der Waals surface area contributed by atoms with Gasteiger partial charge < -0.3 is 10.2 Å². The summed E-state index contributed by atoms with van der Waals surface area (Å²) in [6, 6.07) is 20.6. The summed E-state index contributed by atoms with van der Waals surface area (Å²) in [7, 11) is 0. The Bertz CT molecular complexity index is 805. The number of fused-ring (bicyclic) bond motifs is 1. The van der Waals surface area contributed by atoms with Crippen LogP contribution >= 0.6 is 0 Å². The van der Waals surface area contributed by atoms with E-state index in [9.17, 15) is 0 Å². The highest BCUT2D eigenvalue weighted by Crippen LogP contribution is 2.25. The molecule has 1 saturated heterocycles. The molecule has 2 aromatic carbocycles. The van der Waals surface area contributed by atoms with E-state index in [1.165, 1.54) is 44.5 Å². The lowest BCUT2D eigenvalue weighted by Crippen LogP contribution is -2.46. The summed E-state index contributed by atoms with van der Waals surface area (Å²) in [5.74, 6) is -3.65. The molecule has 0 aliphatic carbocycles. The van der Waals surface area contributed by atoms with Gasteiger partial charge in [0.25, 0.3) is 0 Å². The minimum atomic E-state index is -1.82. The molecule has 0 spiro atoms. The fraction of sp³-hybridized carbons (Fsp3) is 0.391. The summed E-state index contributed by atoms with van der Waals surface area (Å²) in [5, 5.41) is 14.8. The number of carboxylic acids is 2. The Hall–Kier alpha value is -2.70. The standard InChI is InChI=1S/C21H26N2.C2H2O4/c1-2-6-18(7-3-1)16-22-13-11-21(12-14-22)23-15-10-19-8-4-5-9-20(19)17-23;3-1(4)2(5)6/h1-9,21H,10-17H2;(H,3,4)(H,5,6). The molecular weight excluding hydrogens is 368 g/mol. The fourth-order valence-corrected chi connectivity index (χ4v) is 4.11. The van der Waals surface area contributed by atoms with Gasteiger partial charge in [-0.2, -0.15) is 0 Å². The molecule has 0 aromatic heterocycles. The van der Waals surface area contributed by atoms with E-state index in [4.69, 9.17) is 19.8 Å². The summed E-state index contributed by atoms with van der Waals surface area (Å²) < 4.78 is 0. The second kappa shape index (κ2) is 10.2. The highest BCUT2D eigenvalue weighted by Gasteiger charge is 2.27. The van der Waals surface area contributed by atoms with E-state index in [1.54, 1.807) is 11.1 Å². The molecule has 4 rings (SSSR count). The third-order valence-electron chi connectivity index (χ3n) is 5.67. The van der Waals surface area contributed by atoms with Crippen molar-refractivity contribution in [3.63, 3.8) is 0 Å². The number of piperidine rings is 1. The van der Waals surface area contributed by atoms with E-state index in [2.05, 4.69) is 64.4 Å². The van der Waals surface area contributed by atoms with Crippen LogP contribution in [0, 0.1) is 0 Å². The SMILES string of the molecule is O=C(O)C(=O)O.c1ccc(CN2CCC(N3CCc4ccccc4C3)CC2)cc1. The molecule has 1 fully saturated rings. The Morgan fingerprint density at radius 2 is 1.41 bits per heavy atom. The number of likely N-dealkylation sites (tertiary alicyclic amines) is 1. The quantitative estimate of drug-likeness (QED) is 0.777. The molecule has 2 aliphatic heterocycles. The van der Waals surface area contributed by atoms with Gasteiger partial charge in [-0.25, -0.2) is 9.59 Å². The Kier molecular flexibility index (Phi) is 7.38. The molecule has 154 valence electrons. The molecule has 0 bridgehead atoms. The summed E-state index contributed by atoms with van der Waals surface area (Å²) in [6.07, 6.45) is 3.85. The van der Waals surface area contributed by atoms with Crippen molar-refractivity contribution in [2.75, 3.05) is 19.6 Å². The van der Waals surface area contributed by atoms with Crippen molar-refractivity contribution in [2.24, 2.45) is 0 Å². The molecule has 2 aromatic rings. The summed E-state index contributed by atoms with van der Waals surface area (Å²) in [6.45, 7) is 5.96. The van der Waals surface area contributed by atoms with Gasteiger partial charge in [-0.15, -0.1) is 0 Å². The first-order valence-electron chi connectivity index (χ1n) is 10.1. The first-order valence-corrected chi connectivity index (χ1v) is 10.1. The maximum atomic E-state index is 9.10. The number of rotatable bonds is 3. The maximum absolute atomic E-state index is 9.10. The number of aliphatic carboxylic acids is 2. The van der Waals surface area contributed by atoms with Crippen LogP contribution in [0.3, 0.4) is 0 Å². The van der Waals surface area contributed by atoms with Gasteiger partial charge >= 0.3 is 11.9 Å². The van der Waals surface area contributed by atoms with Gasteiger partial charge in [-0.05, 0) is 49.0 Å². The van der Waals surface area contributed by atoms with Crippen molar-refractivity contribution in [3.8, 4) is 0 Å². The molecule has 2 aliphatic rings. The largest absolute Gasteiger partial charge is 0.473 e. The van der Waals surface area contributed by atoms with Crippen LogP contribution in [-0.4, -0.2) is 57.6 Å². The zero-order valence-corrected chi connectivity index (χ0v) is 16.5. The Morgan fingerprint density at radius 1 is 0.828 bits per heavy atom. The number of carbonyl (C=O) groups is 2. The average Bonchev–Trinajstić information content (AvgIpc) is 2.75. The molecular formula is C23H28N2O4. The smallest absolute Gasteiger partial charge is 0.414 e. The second-order valence-corrected chi connectivity index (χ2v) is 7.59. The first kappa shape index (κ1) is 21.0. The molecule has 6 heteroatoms. The predicted molar refractivity (Wildman–Crippen MR) is 111 cm³/mol. The van der Waals surface area contributed by atoms with Gasteiger partial charge in [-0.1, -0.05) is 54.6 Å². The van der Waals surface area contributed by atoms with Crippen molar-refractivity contribution in [1.29, 1.82) is 0 Å². The number of nitrogens with zero attached hydrogens (tertiary/aromatic N) is 2. The first-order chi connectivity index (χ1) is 14.0. The van der Waals surface area contributed by atoms with Gasteiger partial charge in [0.1, 0.15) is 0 Å². The minimum absolute atomic E-state index is 0.773. The van der Waals surface area contributed by atoms with Crippen molar-refractivity contribution in [1.82, 2.24) is 9.80 Å². The lowest BCUT2D eigenvalue weighted by atomic mass is 9.95. The molecule has 0 unspecified atom stereocenters. The van der Waals surface area contributed by atoms with Crippen LogP contribution in [-0.2, 0) is 29.1 Å². The Morgan fingerprint density at radius 3 is 2.03 bits per heavy atom. The fourth-order valence-electron chi connectivity index (χ4n) is 4.11. The number of benzene rings is 2. The summed E-state index contributed by atoms with van der Waals surface area (Å²) in [5.41, 5.74) is 4.55. The van der Waals surface area contributed by atoms with Gasteiger partial charge in [0, 0.05) is 25.7 Å². The van der Waals surface area contributed by atoms with E-state index >= 15 is 0 Å². The molecule has 6 nitrogen and oxygen atoms in total. The lowest BCUT2D eigenvalue weighted by molar-refractivity contribution is -0.159. The third-order valence-corrected chi connectivity index (χ3v) is 5.67. The number of carboxylic acid groups (broad SMARTS) is 2. The van der Waals surface area contributed by atoms with Crippen molar-refractivity contribution in [3.05, 3.63) is 71.3 Å².